The molecule has 0 aromatic heterocycles. The van der Waals surface area contributed by atoms with E-state index >= 15 is 0 Å². The van der Waals surface area contributed by atoms with Gasteiger partial charge in [0.2, 0.25) is 47.3 Å². The van der Waals surface area contributed by atoms with E-state index in [1.54, 1.807) is 45.0 Å². The Balaban J connectivity index is 1.30. The molecule has 3 fully saturated rings. The van der Waals surface area contributed by atoms with Crippen LogP contribution in [0.4, 0.5) is 0 Å². The number of aromatic hydroxyl groups is 1. The molecule has 3 aliphatic heterocycles. The molecule has 2 aromatic carbocycles. The molecule has 0 radical (unpaired) electrons. The molecule has 8 amide bonds. The summed E-state index contributed by atoms with van der Waals surface area (Å²) in [6, 6.07) is 8.80. The van der Waals surface area contributed by atoms with E-state index in [9.17, 15) is 43.5 Å². The van der Waals surface area contributed by atoms with E-state index in [0.29, 0.717) is 63.6 Å². The van der Waals surface area contributed by atoms with Gasteiger partial charge in [-0.2, -0.15) is 0 Å². The Hall–Kier alpha value is -6.00. The molecule has 3 aliphatic rings. The van der Waals surface area contributed by atoms with Gasteiger partial charge in [0.1, 0.15) is 48.0 Å². The van der Waals surface area contributed by atoms with Gasteiger partial charge >= 0.3 is 0 Å². The van der Waals surface area contributed by atoms with E-state index in [2.05, 4.69) is 21.3 Å². The number of phenolic OH excluding ortho intramolecular Hbond substituents is 1. The molecule has 0 bridgehead atoms. The first-order chi connectivity index (χ1) is 30.9. The molecule has 3 saturated heterocycles. The van der Waals surface area contributed by atoms with Gasteiger partial charge in [-0.25, -0.2) is 0 Å². The largest absolute Gasteiger partial charge is 0.508 e. The van der Waals surface area contributed by atoms with Crippen molar-refractivity contribution in [3.8, 4) is 5.75 Å². The second kappa shape index (κ2) is 22.8. The molecule has 0 unspecified atom stereocenters. The van der Waals surface area contributed by atoms with Crippen LogP contribution in [-0.2, 0) is 51.2 Å². The van der Waals surface area contributed by atoms with Crippen molar-refractivity contribution in [2.45, 2.75) is 135 Å². The average Bonchev–Trinajstić information content (AvgIpc) is 4.09. The summed E-state index contributed by atoms with van der Waals surface area (Å²) in [6.07, 6.45) is 3.76. The highest BCUT2D eigenvalue weighted by atomic mass is 16.3. The monoisotopic (exact) mass is 901 g/mol. The Morgan fingerprint density at radius 1 is 0.646 bits per heavy atom. The lowest BCUT2D eigenvalue weighted by molar-refractivity contribution is -0.146. The van der Waals surface area contributed by atoms with Gasteiger partial charge in [0.25, 0.3) is 0 Å². The first kappa shape index (κ1) is 50.0. The molecule has 354 valence electrons. The van der Waals surface area contributed by atoms with Crippen LogP contribution < -0.4 is 21.3 Å². The summed E-state index contributed by atoms with van der Waals surface area (Å²) in [5, 5.41) is 21.4. The summed E-state index contributed by atoms with van der Waals surface area (Å²) in [5.41, 5.74) is 1.46. The van der Waals surface area contributed by atoms with Crippen molar-refractivity contribution >= 4 is 47.3 Å². The number of nitrogens with zero attached hydrogens (tertiary/aromatic N) is 4. The molecule has 5 rings (SSSR count). The highest BCUT2D eigenvalue weighted by Gasteiger charge is 2.44. The number of phenols is 1. The summed E-state index contributed by atoms with van der Waals surface area (Å²) in [4.78, 5) is 116. The molecule has 0 spiro atoms. The second-order valence-corrected chi connectivity index (χ2v) is 18.3. The van der Waals surface area contributed by atoms with Gasteiger partial charge < -0.3 is 46.0 Å². The van der Waals surface area contributed by atoms with Gasteiger partial charge in [-0.05, 0) is 73.6 Å². The van der Waals surface area contributed by atoms with Crippen LogP contribution in [0.1, 0.15) is 90.7 Å². The van der Waals surface area contributed by atoms with E-state index < -0.39 is 77.7 Å². The first-order valence-electron chi connectivity index (χ1n) is 23.0. The zero-order valence-corrected chi connectivity index (χ0v) is 38.9. The maximum atomic E-state index is 14.5. The topological polar surface area (TPSA) is 218 Å². The van der Waals surface area contributed by atoms with E-state index in [1.165, 1.54) is 33.8 Å². The van der Waals surface area contributed by atoms with Crippen molar-refractivity contribution in [3.63, 3.8) is 0 Å². The number of carbonyl (C=O) groups is 8. The number of rotatable bonds is 18. The zero-order valence-electron chi connectivity index (χ0n) is 38.9. The molecule has 5 N–H and O–H groups in total. The number of benzene rings is 2. The molecule has 2 aromatic rings. The van der Waals surface area contributed by atoms with Crippen LogP contribution in [-0.4, -0.2) is 148 Å². The van der Waals surface area contributed by atoms with Gasteiger partial charge in [-0.15, -0.1) is 0 Å². The lowest BCUT2D eigenvalue weighted by atomic mass is 9.95. The van der Waals surface area contributed by atoms with E-state index in [4.69, 9.17) is 0 Å². The average molecular weight is 901 g/mol. The molecule has 0 saturated carbocycles. The van der Waals surface area contributed by atoms with Crippen molar-refractivity contribution < 1.29 is 43.5 Å². The Morgan fingerprint density at radius 2 is 1.18 bits per heavy atom. The van der Waals surface area contributed by atoms with Gasteiger partial charge in [0.05, 0.1) is 0 Å². The normalized spacial score (nSPS) is 20.6. The van der Waals surface area contributed by atoms with Gasteiger partial charge in [-0.3, -0.25) is 38.4 Å². The number of amides is 8. The number of likely N-dealkylation sites (tertiary alicyclic amines) is 3. The summed E-state index contributed by atoms with van der Waals surface area (Å²) < 4.78 is 0. The van der Waals surface area contributed by atoms with Crippen LogP contribution in [0, 0.1) is 11.8 Å². The second-order valence-electron chi connectivity index (χ2n) is 18.3. The molecule has 65 heavy (non-hydrogen) atoms. The lowest BCUT2D eigenvalue weighted by Crippen LogP contribution is -2.61. The van der Waals surface area contributed by atoms with Gasteiger partial charge in [-0.1, -0.05) is 76.6 Å². The number of nitrogens with one attached hydrogen (secondary N) is 4. The smallest absolute Gasteiger partial charge is 0.246 e. The molecular formula is C48H68N8O9. The maximum Gasteiger partial charge on any atom is 0.246 e. The minimum Gasteiger partial charge on any atom is -0.508 e. The summed E-state index contributed by atoms with van der Waals surface area (Å²) in [7, 11) is 3.19. The third-order valence-corrected chi connectivity index (χ3v) is 13.0. The SMILES string of the molecule is CC[C@H](C)[C@H](NC(=O)[C@@H]1CCCN1C(=O)[C@@H]1CCCN1C(C)=O)C(=O)N[C@H](C(=O)N1CCC[C@H]1C(=O)N[C@@H](Cc1ccc(O)cc1)C(=O)N[C@@H](Cc1ccccc1)C(=O)N(C)C)C(C)C. The Morgan fingerprint density at radius 3 is 1.77 bits per heavy atom. The lowest BCUT2D eigenvalue weighted by Gasteiger charge is -2.34. The molecule has 8 atom stereocenters. The molecule has 0 aliphatic carbocycles. The van der Waals surface area contributed by atoms with Crippen LogP contribution in [0.25, 0.3) is 0 Å². The van der Waals surface area contributed by atoms with Gasteiger partial charge in [0, 0.05) is 53.5 Å². The number of hydrogen-bond acceptors (Lipinski definition) is 9. The van der Waals surface area contributed by atoms with Crippen LogP contribution in [0.3, 0.4) is 0 Å². The maximum absolute atomic E-state index is 14.5. The first-order valence-corrected chi connectivity index (χ1v) is 23.0. The fraction of sp³-hybridized carbons (Fsp3) is 0.583. The predicted molar refractivity (Wildman–Crippen MR) is 243 cm³/mol. The van der Waals surface area contributed by atoms with Crippen molar-refractivity contribution in [2.75, 3.05) is 33.7 Å². The Labute approximate surface area is 382 Å². The fourth-order valence-corrected chi connectivity index (χ4v) is 9.06. The van der Waals surface area contributed by atoms with E-state index in [1.807, 2.05) is 44.2 Å². The predicted octanol–water partition coefficient (Wildman–Crippen LogP) is 1.90. The summed E-state index contributed by atoms with van der Waals surface area (Å²) in [6.45, 7) is 9.77. The van der Waals surface area contributed by atoms with Crippen LogP contribution in [0.5, 0.6) is 5.75 Å². The van der Waals surface area contributed by atoms with Crippen molar-refractivity contribution in [2.24, 2.45) is 11.8 Å². The van der Waals surface area contributed by atoms with Crippen molar-refractivity contribution in [1.29, 1.82) is 0 Å². The highest BCUT2D eigenvalue weighted by Crippen LogP contribution is 2.26. The third kappa shape index (κ3) is 12.6. The number of hydrogen-bond donors (Lipinski definition) is 5. The Kier molecular flexibility index (Phi) is 17.5. The van der Waals surface area contributed by atoms with Crippen molar-refractivity contribution in [3.05, 3.63) is 65.7 Å². The molecule has 3 heterocycles. The number of likely N-dealkylation sites (N-methyl/N-ethyl adjacent to an activating group) is 1. The molecule has 17 nitrogen and oxygen atoms in total. The Bertz CT molecular complexity index is 2030. The van der Waals surface area contributed by atoms with Crippen LogP contribution >= 0.6 is 0 Å². The molecular weight excluding hydrogens is 833 g/mol. The quantitative estimate of drug-likeness (QED) is 0.148. The molecule has 17 heteroatoms. The van der Waals surface area contributed by atoms with Crippen LogP contribution in [0.2, 0.25) is 0 Å². The summed E-state index contributed by atoms with van der Waals surface area (Å²) in [5.74, 6) is -4.26. The van der Waals surface area contributed by atoms with Crippen LogP contribution in [0.15, 0.2) is 54.6 Å². The number of carbonyl (C=O) groups excluding carboxylic acids is 8. The fourth-order valence-electron chi connectivity index (χ4n) is 9.06. The minimum absolute atomic E-state index is 0.0182. The standard InChI is InChI=1S/C48H68N8O9/c1-8-30(4)41(52-44(61)38-18-12-25-55(38)47(64)39-19-14-24-54(39)31(5)57)45(62)51-40(29(2)3)48(65)56-26-13-17-37(56)43(60)49-35(27-33-20-22-34(58)23-21-33)42(59)50-36(46(63)53(6)7)28-32-15-10-9-11-16-32/h9-11,15-16,20-23,29-30,35-41,58H,8,12-14,17-19,24-28H2,1-7H3,(H,49,60)(H,50,59)(H,51,62)(H,52,61)/t30-,35-,36-,37-,38-,39-,40-,41-/m0/s1. The highest BCUT2D eigenvalue weighted by molar-refractivity contribution is 5.98. The minimum atomic E-state index is -1.17. The van der Waals surface area contributed by atoms with E-state index in [0.717, 1.165) is 5.56 Å². The third-order valence-electron chi connectivity index (χ3n) is 13.0. The summed E-state index contributed by atoms with van der Waals surface area (Å²) >= 11 is 0. The van der Waals surface area contributed by atoms with E-state index in [-0.39, 0.29) is 48.8 Å². The van der Waals surface area contributed by atoms with Crippen molar-refractivity contribution in [1.82, 2.24) is 40.9 Å². The van der Waals surface area contributed by atoms with Gasteiger partial charge in [0.15, 0.2) is 0 Å². The zero-order chi connectivity index (χ0) is 47.5.